The van der Waals surface area contributed by atoms with Crippen LogP contribution in [-0.2, 0) is 19.9 Å². The Balaban J connectivity index is 3.11. The number of nitrogens with zero attached hydrogens (tertiary/aromatic N) is 1. The second kappa shape index (κ2) is 6.90. The van der Waals surface area contributed by atoms with E-state index in [1.54, 1.807) is 33.8 Å². The summed E-state index contributed by atoms with van der Waals surface area (Å²) in [5.41, 5.74) is -0.164. The summed E-state index contributed by atoms with van der Waals surface area (Å²) in [7, 11) is -3.42. The highest BCUT2D eigenvalue weighted by Gasteiger charge is 2.28. The van der Waals surface area contributed by atoms with Gasteiger partial charge in [-0.15, -0.1) is 6.42 Å². The minimum atomic E-state index is -3.42. The van der Waals surface area contributed by atoms with E-state index in [1.165, 1.54) is 16.8 Å². The Kier molecular flexibility index (Phi) is 5.76. The monoisotopic (exact) mass is 297 g/mol. The molecule has 1 aromatic rings. The van der Waals surface area contributed by atoms with Gasteiger partial charge in [0.05, 0.1) is 17.8 Å². The molecule has 1 aromatic heterocycles. The predicted molar refractivity (Wildman–Crippen MR) is 78.7 cm³/mol. The van der Waals surface area contributed by atoms with Crippen LogP contribution >= 0.6 is 7.60 Å². The Morgan fingerprint density at radius 2 is 1.85 bits per heavy atom. The maximum Gasteiger partial charge on any atom is 0.350 e. The van der Waals surface area contributed by atoms with Gasteiger partial charge in [-0.3, -0.25) is 9.36 Å². The number of pyridine rings is 1. The Hall–Kier alpha value is -1.34. The van der Waals surface area contributed by atoms with Crippen LogP contribution in [0.4, 0.5) is 0 Å². The normalized spacial score (nSPS) is 11.8. The molecule has 110 valence electrons. The first-order valence-electron chi connectivity index (χ1n) is 6.39. The number of hydrogen-bond donors (Lipinski definition) is 0. The molecule has 0 aliphatic rings. The van der Waals surface area contributed by atoms with E-state index in [9.17, 15) is 9.36 Å². The molecule has 5 nitrogen and oxygen atoms in total. The zero-order valence-corrected chi connectivity index (χ0v) is 13.1. The second-order valence-electron chi connectivity index (χ2n) is 4.90. The first-order valence-corrected chi connectivity index (χ1v) is 8.12. The van der Waals surface area contributed by atoms with Crippen molar-refractivity contribution in [3.63, 3.8) is 0 Å². The largest absolute Gasteiger partial charge is 0.350 e. The van der Waals surface area contributed by atoms with Gasteiger partial charge in [0.2, 0.25) is 0 Å². The van der Waals surface area contributed by atoms with E-state index >= 15 is 0 Å². The van der Waals surface area contributed by atoms with Crippen molar-refractivity contribution in [2.24, 2.45) is 0 Å². The molecule has 0 amide bonds. The third-order valence-electron chi connectivity index (χ3n) is 2.24. The predicted octanol–water partition coefficient (Wildman–Crippen LogP) is 2.83. The highest BCUT2D eigenvalue weighted by molar-refractivity contribution is 7.52. The fraction of sp³-hybridized carbons (Fsp3) is 0.500. The number of hydrogen-bond acceptors (Lipinski definition) is 4. The molecule has 0 atom stereocenters. The second-order valence-corrected chi connectivity index (χ2v) is 6.83. The van der Waals surface area contributed by atoms with E-state index in [0.29, 0.717) is 0 Å². The fourth-order valence-electron chi connectivity index (χ4n) is 1.68. The van der Waals surface area contributed by atoms with E-state index in [1.807, 2.05) is 0 Å². The van der Waals surface area contributed by atoms with Crippen LogP contribution < -0.4 is 5.56 Å². The Morgan fingerprint density at radius 3 is 2.30 bits per heavy atom. The van der Waals surface area contributed by atoms with Crippen LogP contribution in [0.3, 0.4) is 0 Å². The van der Waals surface area contributed by atoms with Crippen molar-refractivity contribution in [1.29, 1.82) is 0 Å². The van der Waals surface area contributed by atoms with Crippen LogP contribution in [0, 0.1) is 12.3 Å². The molecular weight excluding hydrogens is 277 g/mol. The molecule has 0 bridgehead atoms. The van der Waals surface area contributed by atoms with Gasteiger partial charge in [0.15, 0.2) is 0 Å². The lowest BCUT2D eigenvalue weighted by atomic mass is 10.3. The third kappa shape index (κ3) is 4.64. The van der Waals surface area contributed by atoms with Gasteiger partial charge in [-0.25, -0.2) is 0 Å². The van der Waals surface area contributed by atoms with Gasteiger partial charge in [-0.2, -0.15) is 0 Å². The highest BCUT2D eigenvalue weighted by Crippen LogP contribution is 2.51. The summed E-state index contributed by atoms with van der Waals surface area (Å²) in [6.45, 7) is 7.04. The highest BCUT2D eigenvalue weighted by atomic mass is 31.2. The molecule has 6 heteroatoms. The van der Waals surface area contributed by atoms with E-state index in [2.05, 4.69) is 5.92 Å². The first kappa shape index (κ1) is 16.7. The van der Waals surface area contributed by atoms with Crippen LogP contribution in [0.1, 0.15) is 33.3 Å². The average molecular weight is 297 g/mol. The molecule has 0 aliphatic heterocycles. The van der Waals surface area contributed by atoms with Crippen LogP contribution in [-0.4, -0.2) is 16.8 Å². The summed E-state index contributed by atoms with van der Waals surface area (Å²) >= 11 is 0. The van der Waals surface area contributed by atoms with Gasteiger partial charge >= 0.3 is 7.60 Å². The Bertz CT molecular complexity index is 584. The summed E-state index contributed by atoms with van der Waals surface area (Å²) in [6, 6.07) is 3.17. The summed E-state index contributed by atoms with van der Waals surface area (Å²) < 4.78 is 24.8. The molecule has 20 heavy (non-hydrogen) atoms. The van der Waals surface area contributed by atoms with Crippen molar-refractivity contribution in [3.05, 3.63) is 34.2 Å². The van der Waals surface area contributed by atoms with Crippen LogP contribution in [0.25, 0.3) is 0 Å². The lowest BCUT2D eigenvalue weighted by molar-refractivity contribution is 0.138. The molecular formula is C14H20NO4P. The van der Waals surface area contributed by atoms with Gasteiger partial charge < -0.3 is 13.6 Å². The summed E-state index contributed by atoms with van der Waals surface area (Å²) in [6.07, 6.45) is 6.07. The molecule has 1 rings (SSSR count). The lowest BCUT2D eigenvalue weighted by Crippen LogP contribution is -2.23. The first-order chi connectivity index (χ1) is 9.27. The maximum atomic E-state index is 12.7. The summed E-state index contributed by atoms with van der Waals surface area (Å²) in [5, 5.41) is 0. The van der Waals surface area contributed by atoms with Crippen molar-refractivity contribution in [3.8, 4) is 12.3 Å². The molecule has 0 aromatic carbocycles. The van der Waals surface area contributed by atoms with Gasteiger partial charge in [0.1, 0.15) is 6.29 Å². The minimum absolute atomic E-state index is 0.155. The fourth-order valence-corrected chi connectivity index (χ4v) is 3.74. The average Bonchev–Trinajstić information content (AvgIpc) is 2.29. The molecule has 0 radical (unpaired) electrons. The van der Waals surface area contributed by atoms with Crippen molar-refractivity contribution in [2.75, 3.05) is 0 Å². The number of aromatic nitrogens is 1. The van der Waals surface area contributed by atoms with Gasteiger partial charge in [0, 0.05) is 6.20 Å². The molecule has 0 aliphatic carbocycles. The van der Waals surface area contributed by atoms with Crippen LogP contribution in [0.2, 0.25) is 0 Å². The molecule has 0 spiro atoms. The Morgan fingerprint density at radius 1 is 1.30 bits per heavy atom. The van der Waals surface area contributed by atoms with Crippen molar-refractivity contribution >= 4 is 7.60 Å². The van der Waals surface area contributed by atoms with Gasteiger partial charge in [-0.1, -0.05) is 5.92 Å². The molecule has 0 N–H and O–H groups in total. The zero-order chi connectivity index (χ0) is 15.3. The molecule has 0 saturated carbocycles. The van der Waals surface area contributed by atoms with E-state index in [4.69, 9.17) is 15.5 Å². The maximum absolute atomic E-state index is 12.7. The quantitative estimate of drug-likeness (QED) is 0.598. The van der Waals surface area contributed by atoms with E-state index < -0.39 is 7.60 Å². The summed E-state index contributed by atoms with van der Waals surface area (Å²) in [5.74, 6) is 2.30. The molecule has 0 saturated heterocycles. The SMILES string of the molecule is C#Cc1cccn(CP(=O)(OC(C)C)OC(C)C)c1=O. The van der Waals surface area contributed by atoms with Gasteiger partial charge in [0.25, 0.3) is 5.56 Å². The van der Waals surface area contributed by atoms with Crippen molar-refractivity contribution < 1.29 is 13.6 Å². The van der Waals surface area contributed by atoms with Crippen LogP contribution in [0.5, 0.6) is 0 Å². The zero-order valence-electron chi connectivity index (χ0n) is 12.2. The summed E-state index contributed by atoms with van der Waals surface area (Å²) in [4.78, 5) is 12.0. The smallest absolute Gasteiger partial charge is 0.305 e. The molecule has 1 heterocycles. The van der Waals surface area contributed by atoms with Crippen LogP contribution in [0.15, 0.2) is 23.1 Å². The van der Waals surface area contributed by atoms with E-state index in [-0.39, 0.29) is 29.6 Å². The third-order valence-corrected chi connectivity index (χ3v) is 4.38. The minimum Gasteiger partial charge on any atom is -0.305 e. The van der Waals surface area contributed by atoms with E-state index in [0.717, 1.165) is 0 Å². The topological polar surface area (TPSA) is 57.5 Å². The Labute approximate surface area is 119 Å². The standard InChI is InChI=1S/C14H20NO4P/c1-6-13-8-7-9-15(14(13)16)10-20(17,18-11(2)3)19-12(4)5/h1,7-9,11-12H,10H2,2-5H3. The lowest BCUT2D eigenvalue weighted by Gasteiger charge is -2.23. The number of rotatable bonds is 6. The van der Waals surface area contributed by atoms with Crippen molar-refractivity contribution in [1.82, 2.24) is 4.57 Å². The molecule has 0 fully saturated rings. The van der Waals surface area contributed by atoms with Crippen molar-refractivity contribution in [2.45, 2.75) is 46.2 Å². The number of terminal acetylenes is 1. The van der Waals surface area contributed by atoms with Gasteiger partial charge in [-0.05, 0) is 39.8 Å². The molecule has 0 unspecified atom stereocenters.